The molecule has 0 saturated carbocycles. The molecule has 20 heavy (non-hydrogen) atoms. The topological polar surface area (TPSA) is 137 Å². The van der Waals surface area contributed by atoms with Gasteiger partial charge in [-0.15, -0.1) is 0 Å². The largest absolute Gasteiger partial charge is 0.398 e. The second kappa shape index (κ2) is 4.19. The Morgan fingerprint density at radius 1 is 1.15 bits per heavy atom. The number of nitrogens with two attached hydrogens (primary N) is 2. The van der Waals surface area contributed by atoms with E-state index < -0.39 is 4.92 Å². The lowest BCUT2D eigenvalue weighted by molar-refractivity contribution is -0.384. The van der Waals surface area contributed by atoms with Crippen molar-refractivity contribution in [2.24, 2.45) is 0 Å². The Bertz CT molecular complexity index is 826. The van der Waals surface area contributed by atoms with Gasteiger partial charge in [-0.3, -0.25) is 10.1 Å². The molecule has 2 heterocycles. The first kappa shape index (κ1) is 11.9. The van der Waals surface area contributed by atoms with Gasteiger partial charge >= 0.3 is 0 Å². The Kier molecular flexibility index (Phi) is 2.50. The fourth-order valence-corrected chi connectivity index (χ4v) is 1.91. The maximum Gasteiger partial charge on any atom is 0.271 e. The third kappa shape index (κ3) is 1.88. The summed E-state index contributed by atoms with van der Waals surface area (Å²) in [5, 5.41) is 10.7. The molecule has 3 rings (SSSR count). The molecule has 100 valence electrons. The van der Waals surface area contributed by atoms with Gasteiger partial charge < -0.3 is 16.5 Å². The van der Waals surface area contributed by atoms with E-state index in [2.05, 4.69) is 15.0 Å². The molecule has 3 aromatic rings. The molecule has 8 heteroatoms. The number of imidazole rings is 1. The highest BCUT2D eigenvalue weighted by Gasteiger charge is 2.13. The van der Waals surface area contributed by atoms with Crippen molar-refractivity contribution in [3.63, 3.8) is 0 Å². The summed E-state index contributed by atoms with van der Waals surface area (Å²) in [5.41, 5.74) is 13.4. The molecular weight excluding hydrogens is 260 g/mol. The number of nitro groups is 1. The van der Waals surface area contributed by atoms with Gasteiger partial charge in [0.25, 0.3) is 5.69 Å². The van der Waals surface area contributed by atoms with Crippen LogP contribution in [-0.2, 0) is 0 Å². The Hall–Kier alpha value is -3.16. The summed E-state index contributed by atoms with van der Waals surface area (Å²) < 4.78 is 0. The molecule has 0 radical (unpaired) electrons. The van der Waals surface area contributed by atoms with Crippen molar-refractivity contribution in [2.45, 2.75) is 0 Å². The molecule has 0 aliphatic carbocycles. The minimum atomic E-state index is -0.499. The number of non-ortho nitro benzene ring substituents is 1. The molecule has 2 aromatic heterocycles. The average Bonchev–Trinajstić information content (AvgIpc) is 2.80. The smallest absolute Gasteiger partial charge is 0.271 e. The molecular formula is C12H10N6O2. The van der Waals surface area contributed by atoms with Crippen LogP contribution in [0.2, 0.25) is 0 Å². The first-order valence-corrected chi connectivity index (χ1v) is 5.71. The number of anilines is 2. The van der Waals surface area contributed by atoms with E-state index in [1.54, 1.807) is 18.2 Å². The molecule has 0 bridgehead atoms. The predicted molar refractivity (Wildman–Crippen MR) is 74.8 cm³/mol. The van der Waals surface area contributed by atoms with E-state index in [1.807, 2.05) is 0 Å². The van der Waals surface area contributed by atoms with Crippen LogP contribution >= 0.6 is 0 Å². The van der Waals surface area contributed by atoms with Crippen LogP contribution in [-0.4, -0.2) is 19.9 Å². The number of aromatic amines is 1. The summed E-state index contributed by atoms with van der Waals surface area (Å²) in [5.74, 6) is 0.859. The first-order valence-electron chi connectivity index (χ1n) is 5.71. The minimum absolute atomic E-state index is 0.0651. The maximum absolute atomic E-state index is 10.7. The van der Waals surface area contributed by atoms with E-state index >= 15 is 0 Å². The molecule has 5 N–H and O–H groups in total. The first-order chi connectivity index (χ1) is 9.54. The molecule has 0 unspecified atom stereocenters. The van der Waals surface area contributed by atoms with Crippen molar-refractivity contribution in [2.75, 3.05) is 11.5 Å². The van der Waals surface area contributed by atoms with Gasteiger partial charge in [0.15, 0.2) is 5.65 Å². The number of hydrogen-bond acceptors (Lipinski definition) is 6. The Balaban J connectivity index is 2.13. The number of aromatic nitrogens is 3. The number of fused-ring (bicyclic) bond motifs is 1. The van der Waals surface area contributed by atoms with Crippen LogP contribution in [0.1, 0.15) is 0 Å². The molecule has 0 amide bonds. The van der Waals surface area contributed by atoms with Gasteiger partial charge in [-0.25, -0.2) is 9.97 Å². The number of benzene rings is 1. The van der Waals surface area contributed by atoms with Crippen molar-refractivity contribution in [1.29, 1.82) is 0 Å². The maximum atomic E-state index is 10.7. The highest BCUT2D eigenvalue weighted by atomic mass is 16.6. The van der Waals surface area contributed by atoms with Crippen molar-refractivity contribution < 1.29 is 4.92 Å². The zero-order chi connectivity index (χ0) is 14.3. The lowest BCUT2D eigenvalue weighted by Crippen LogP contribution is -1.94. The van der Waals surface area contributed by atoms with Crippen molar-refractivity contribution >= 4 is 28.4 Å². The fourth-order valence-electron chi connectivity index (χ4n) is 1.91. The van der Waals surface area contributed by atoms with E-state index in [4.69, 9.17) is 11.5 Å². The molecule has 0 aliphatic heterocycles. The molecule has 8 nitrogen and oxygen atoms in total. The van der Waals surface area contributed by atoms with Gasteiger partial charge in [0, 0.05) is 23.4 Å². The van der Waals surface area contributed by atoms with E-state index in [1.165, 1.54) is 12.1 Å². The number of nitrogens with zero attached hydrogens (tertiary/aromatic N) is 3. The van der Waals surface area contributed by atoms with Crippen LogP contribution in [0.15, 0.2) is 30.3 Å². The number of nitrogens with one attached hydrogen (secondary N) is 1. The summed E-state index contributed by atoms with van der Waals surface area (Å²) in [6, 6.07) is 7.64. The quantitative estimate of drug-likeness (QED) is 0.368. The average molecular weight is 270 g/mol. The second-order valence-electron chi connectivity index (χ2n) is 4.22. The Labute approximate surface area is 112 Å². The van der Waals surface area contributed by atoms with Crippen LogP contribution in [0.25, 0.3) is 22.6 Å². The van der Waals surface area contributed by atoms with Crippen LogP contribution in [0.5, 0.6) is 0 Å². The molecule has 0 spiro atoms. The lowest BCUT2D eigenvalue weighted by Gasteiger charge is -2.01. The van der Waals surface area contributed by atoms with Gasteiger partial charge in [0.2, 0.25) is 0 Å². The molecule has 0 fully saturated rings. The van der Waals surface area contributed by atoms with E-state index in [0.29, 0.717) is 28.4 Å². The van der Waals surface area contributed by atoms with E-state index in [-0.39, 0.29) is 11.4 Å². The summed E-state index contributed by atoms with van der Waals surface area (Å²) in [7, 11) is 0. The number of rotatable bonds is 2. The number of H-pyrrole nitrogens is 1. The molecule has 1 aromatic carbocycles. The number of nitro benzene ring substituents is 1. The van der Waals surface area contributed by atoms with Crippen LogP contribution in [0, 0.1) is 10.1 Å². The van der Waals surface area contributed by atoms with Crippen LogP contribution < -0.4 is 11.5 Å². The van der Waals surface area contributed by atoms with Crippen molar-refractivity contribution in [3.05, 3.63) is 40.4 Å². The Morgan fingerprint density at radius 2 is 1.95 bits per heavy atom. The summed E-state index contributed by atoms with van der Waals surface area (Å²) in [6.45, 7) is 0. The lowest BCUT2D eigenvalue weighted by atomic mass is 10.1. The van der Waals surface area contributed by atoms with Crippen LogP contribution in [0.4, 0.5) is 17.2 Å². The van der Waals surface area contributed by atoms with Gasteiger partial charge in [0.1, 0.15) is 11.6 Å². The number of pyridine rings is 1. The standard InChI is InChI=1S/C12H10N6O2/c13-8-5-6(18(19)20)1-2-7(8)11-15-9-3-4-10(14)16-12(9)17-11/h1-5H,13H2,(H3,14,15,16,17). The SMILES string of the molecule is Nc1ccc2[nH]c(-c3ccc([N+](=O)[O-])cc3N)nc2n1. The highest BCUT2D eigenvalue weighted by molar-refractivity contribution is 5.81. The Morgan fingerprint density at radius 3 is 2.65 bits per heavy atom. The normalized spacial score (nSPS) is 10.8. The predicted octanol–water partition coefficient (Wildman–Crippen LogP) is 1.70. The summed E-state index contributed by atoms with van der Waals surface area (Å²) >= 11 is 0. The zero-order valence-electron chi connectivity index (χ0n) is 10.2. The van der Waals surface area contributed by atoms with Gasteiger partial charge in [-0.2, -0.15) is 0 Å². The molecule has 0 atom stereocenters. The van der Waals surface area contributed by atoms with Crippen molar-refractivity contribution in [1.82, 2.24) is 15.0 Å². The summed E-state index contributed by atoms with van der Waals surface area (Å²) in [4.78, 5) is 21.6. The van der Waals surface area contributed by atoms with Gasteiger partial charge in [0.05, 0.1) is 10.4 Å². The fraction of sp³-hybridized carbons (Fsp3) is 0. The highest BCUT2D eigenvalue weighted by Crippen LogP contribution is 2.28. The van der Waals surface area contributed by atoms with Gasteiger partial charge in [-0.05, 0) is 18.2 Å². The van der Waals surface area contributed by atoms with E-state index in [9.17, 15) is 10.1 Å². The van der Waals surface area contributed by atoms with Gasteiger partial charge in [-0.1, -0.05) is 0 Å². The monoisotopic (exact) mass is 270 g/mol. The minimum Gasteiger partial charge on any atom is -0.398 e. The zero-order valence-corrected chi connectivity index (χ0v) is 10.2. The molecule has 0 saturated heterocycles. The third-order valence-corrected chi connectivity index (χ3v) is 2.87. The van der Waals surface area contributed by atoms with Crippen molar-refractivity contribution in [3.8, 4) is 11.4 Å². The van der Waals surface area contributed by atoms with E-state index in [0.717, 1.165) is 0 Å². The number of hydrogen-bond donors (Lipinski definition) is 3. The summed E-state index contributed by atoms with van der Waals surface area (Å²) in [6.07, 6.45) is 0. The third-order valence-electron chi connectivity index (χ3n) is 2.87. The van der Waals surface area contributed by atoms with Crippen LogP contribution in [0.3, 0.4) is 0 Å². The number of nitrogen functional groups attached to an aromatic ring is 2. The second-order valence-corrected chi connectivity index (χ2v) is 4.22. The molecule has 0 aliphatic rings.